The van der Waals surface area contributed by atoms with Gasteiger partial charge in [0.15, 0.2) is 0 Å². The van der Waals surface area contributed by atoms with Gasteiger partial charge >= 0.3 is 0 Å². The number of nitrogens with one attached hydrogen (secondary N) is 1. The molecular weight excluding hydrogens is 82.0 g/mol. The number of aliphatic hydroxyl groups is 2. The second-order valence-electron chi connectivity index (χ2n) is 1.04. The third kappa shape index (κ3) is 2.14. The molecule has 0 bridgehead atoms. The molecule has 0 fully saturated rings. The summed E-state index contributed by atoms with van der Waals surface area (Å²) in [7, 11) is 0. The predicted octanol–water partition coefficient (Wildman–Crippen LogP) is -1.38. The summed E-state index contributed by atoms with van der Waals surface area (Å²) in [5.74, 6) is 0. The average Bonchev–Trinajstić information content (AvgIpc) is 1.65. The van der Waals surface area contributed by atoms with E-state index in [1.807, 2.05) is 0 Å². The van der Waals surface area contributed by atoms with Gasteiger partial charge in [-0.25, -0.2) is 0 Å². The Labute approximate surface area is 36.4 Å². The predicted molar refractivity (Wildman–Crippen MR) is 21.1 cm³/mol. The molecule has 0 saturated heterocycles. The molecule has 37 valence electrons. The van der Waals surface area contributed by atoms with Crippen molar-refractivity contribution < 1.29 is 10.2 Å². The lowest BCUT2D eigenvalue weighted by Crippen LogP contribution is -2.17. The van der Waals surface area contributed by atoms with Crippen molar-refractivity contribution in [3.05, 3.63) is 0 Å². The van der Waals surface area contributed by atoms with E-state index in [-0.39, 0.29) is 13.2 Å². The molecule has 0 spiro atoms. The van der Waals surface area contributed by atoms with Crippen LogP contribution in [0.15, 0.2) is 0 Å². The first kappa shape index (κ1) is 5.88. The van der Waals surface area contributed by atoms with E-state index in [1.165, 1.54) is 0 Å². The zero-order chi connectivity index (χ0) is 4.99. The Hall–Kier alpha value is -0.120. The largest absolute Gasteiger partial charge is 0.394 e. The van der Waals surface area contributed by atoms with Gasteiger partial charge in [0.05, 0.1) is 12.7 Å². The van der Waals surface area contributed by atoms with Crippen LogP contribution in [0.1, 0.15) is 0 Å². The molecule has 0 aliphatic rings. The molecule has 1 atom stereocenters. The van der Waals surface area contributed by atoms with Crippen LogP contribution >= 0.6 is 0 Å². The summed E-state index contributed by atoms with van der Waals surface area (Å²) >= 11 is 0. The zero-order valence-electron chi connectivity index (χ0n) is 3.39. The van der Waals surface area contributed by atoms with Crippen LogP contribution in [0.3, 0.4) is 0 Å². The first-order valence-corrected chi connectivity index (χ1v) is 1.74. The van der Waals surface area contributed by atoms with Gasteiger partial charge in [0.1, 0.15) is 0 Å². The van der Waals surface area contributed by atoms with Crippen molar-refractivity contribution in [3.8, 4) is 0 Å². The zero-order valence-corrected chi connectivity index (χ0v) is 3.39. The highest BCUT2D eigenvalue weighted by atomic mass is 16.3. The average molecular weight is 90.1 g/mol. The van der Waals surface area contributed by atoms with Gasteiger partial charge in [-0.2, -0.15) is 0 Å². The van der Waals surface area contributed by atoms with Gasteiger partial charge in [0.2, 0.25) is 0 Å². The molecule has 1 radical (unpaired) electrons. The third-order valence-electron chi connectivity index (χ3n) is 0.446. The van der Waals surface area contributed by atoms with Gasteiger partial charge in [-0.15, -0.1) is 0 Å². The summed E-state index contributed by atoms with van der Waals surface area (Å²) in [5.41, 5.74) is 6.40. The molecular formula is C3H8NO2. The maximum atomic E-state index is 8.23. The summed E-state index contributed by atoms with van der Waals surface area (Å²) < 4.78 is 0. The molecule has 6 heavy (non-hydrogen) atoms. The van der Waals surface area contributed by atoms with Crippen LogP contribution < -0.4 is 5.73 Å². The Bertz CT molecular complexity index is 28.0. The molecule has 0 aliphatic heterocycles. The Morgan fingerprint density at radius 2 is 2.17 bits per heavy atom. The molecule has 0 amide bonds. The van der Waals surface area contributed by atoms with Crippen molar-refractivity contribution in [3.63, 3.8) is 0 Å². The van der Waals surface area contributed by atoms with Crippen LogP contribution in [-0.4, -0.2) is 29.5 Å². The molecule has 0 rings (SSSR count). The summed E-state index contributed by atoms with van der Waals surface area (Å²) in [5, 5.41) is 16.2. The van der Waals surface area contributed by atoms with Gasteiger partial charge in [0, 0.05) is 6.54 Å². The van der Waals surface area contributed by atoms with Crippen molar-refractivity contribution >= 4 is 0 Å². The highest BCUT2D eigenvalue weighted by Crippen LogP contribution is 1.70. The van der Waals surface area contributed by atoms with Crippen molar-refractivity contribution in [1.82, 2.24) is 5.73 Å². The molecule has 0 aromatic heterocycles. The van der Waals surface area contributed by atoms with E-state index < -0.39 is 6.10 Å². The lowest BCUT2D eigenvalue weighted by molar-refractivity contribution is 0.101. The fraction of sp³-hybridized carbons (Fsp3) is 1.00. The summed E-state index contributed by atoms with van der Waals surface area (Å²) in [6, 6.07) is 0. The summed E-state index contributed by atoms with van der Waals surface area (Å²) in [4.78, 5) is 0. The van der Waals surface area contributed by atoms with Gasteiger partial charge in [-0.3, -0.25) is 5.73 Å². The van der Waals surface area contributed by atoms with Gasteiger partial charge < -0.3 is 10.2 Å². The minimum absolute atomic E-state index is 0.115. The molecule has 0 aromatic carbocycles. The van der Waals surface area contributed by atoms with Crippen LogP contribution in [0.4, 0.5) is 0 Å². The van der Waals surface area contributed by atoms with E-state index in [9.17, 15) is 0 Å². The molecule has 0 aliphatic carbocycles. The molecule has 0 aromatic rings. The minimum Gasteiger partial charge on any atom is -0.394 e. The molecule has 3 N–H and O–H groups in total. The van der Waals surface area contributed by atoms with Crippen LogP contribution in [0.2, 0.25) is 0 Å². The number of rotatable bonds is 2. The summed E-state index contributed by atoms with van der Waals surface area (Å²) in [6.07, 6.45) is -0.843. The Morgan fingerprint density at radius 1 is 1.67 bits per heavy atom. The lowest BCUT2D eigenvalue weighted by atomic mass is 10.4. The Morgan fingerprint density at radius 3 is 2.17 bits per heavy atom. The number of hydrogen-bond acceptors (Lipinski definition) is 2. The monoisotopic (exact) mass is 90.1 g/mol. The molecule has 0 unspecified atom stereocenters. The van der Waals surface area contributed by atoms with Crippen LogP contribution in [-0.2, 0) is 0 Å². The maximum Gasteiger partial charge on any atom is 0.0908 e. The quantitative estimate of drug-likeness (QED) is 0.439. The number of aliphatic hydroxyl groups excluding tert-OH is 2. The van der Waals surface area contributed by atoms with Crippen LogP contribution in [0, 0.1) is 0 Å². The van der Waals surface area contributed by atoms with E-state index in [4.69, 9.17) is 15.9 Å². The second kappa shape index (κ2) is 3.08. The molecule has 0 saturated carbocycles. The normalized spacial score (nSPS) is 14.5. The number of hydrogen-bond donors (Lipinski definition) is 2. The van der Waals surface area contributed by atoms with E-state index in [0.29, 0.717) is 0 Å². The van der Waals surface area contributed by atoms with E-state index in [2.05, 4.69) is 0 Å². The minimum atomic E-state index is -0.843. The fourth-order valence-corrected chi connectivity index (χ4v) is 0.0645. The highest BCUT2D eigenvalue weighted by molar-refractivity contribution is 4.47. The smallest absolute Gasteiger partial charge is 0.0908 e. The van der Waals surface area contributed by atoms with E-state index in [0.717, 1.165) is 0 Å². The SMILES string of the molecule is [NH]C[C@@H](O)CO. The Balaban J connectivity index is 2.75. The first-order chi connectivity index (χ1) is 2.81. The van der Waals surface area contributed by atoms with Crippen molar-refractivity contribution in [2.45, 2.75) is 6.10 Å². The van der Waals surface area contributed by atoms with Gasteiger partial charge in [-0.05, 0) is 0 Å². The van der Waals surface area contributed by atoms with E-state index >= 15 is 0 Å². The summed E-state index contributed by atoms with van der Waals surface area (Å²) in [6.45, 7) is -0.417. The second-order valence-corrected chi connectivity index (χ2v) is 1.04. The molecule has 3 nitrogen and oxygen atoms in total. The van der Waals surface area contributed by atoms with Gasteiger partial charge in [-0.1, -0.05) is 0 Å². The van der Waals surface area contributed by atoms with E-state index in [1.54, 1.807) is 0 Å². The molecule has 0 heterocycles. The topological polar surface area (TPSA) is 64.3 Å². The fourth-order valence-electron chi connectivity index (χ4n) is 0.0645. The van der Waals surface area contributed by atoms with Crippen LogP contribution in [0.25, 0.3) is 0 Å². The maximum absolute atomic E-state index is 8.23. The Kier molecular flexibility index (Phi) is 3.02. The van der Waals surface area contributed by atoms with Gasteiger partial charge in [0.25, 0.3) is 0 Å². The van der Waals surface area contributed by atoms with Crippen molar-refractivity contribution in [2.75, 3.05) is 13.2 Å². The third-order valence-corrected chi connectivity index (χ3v) is 0.446. The highest BCUT2D eigenvalue weighted by Gasteiger charge is 1.93. The lowest BCUT2D eigenvalue weighted by Gasteiger charge is -1.96. The van der Waals surface area contributed by atoms with Crippen LogP contribution in [0.5, 0.6) is 0 Å². The van der Waals surface area contributed by atoms with Crippen molar-refractivity contribution in [1.29, 1.82) is 0 Å². The molecule has 3 heteroatoms. The standard InChI is InChI=1S/C3H8NO2/c4-1-3(6)2-5/h3-6H,1-2H2/t3-/m1/s1. The first-order valence-electron chi connectivity index (χ1n) is 1.74. The van der Waals surface area contributed by atoms with Crippen molar-refractivity contribution in [2.24, 2.45) is 0 Å².